The zero-order valence-corrected chi connectivity index (χ0v) is 10.7. The maximum Gasteiger partial charge on any atom is 0.114 e. The summed E-state index contributed by atoms with van der Waals surface area (Å²) >= 11 is 3.48. The Morgan fingerprint density at radius 1 is 1.44 bits per heavy atom. The summed E-state index contributed by atoms with van der Waals surface area (Å²) in [5.41, 5.74) is 3.64. The molecule has 0 saturated heterocycles. The van der Waals surface area contributed by atoms with Crippen LogP contribution in [0.15, 0.2) is 34.3 Å². The average Bonchev–Trinajstić information content (AvgIpc) is 2.83. The highest BCUT2D eigenvalue weighted by atomic mass is 79.9. The van der Waals surface area contributed by atoms with Gasteiger partial charge >= 0.3 is 0 Å². The normalized spacial score (nSPS) is 20.4. The minimum atomic E-state index is 0.478. The maximum absolute atomic E-state index is 4.65. The van der Waals surface area contributed by atoms with Crippen molar-refractivity contribution >= 4 is 27.0 Å². The average molecular weight is 277 g/mol. The summed E-state index contributed by atoms with van der Waals surface area (Å²) in [6, 6.07) is 6.16. The molecule has 2 aromatic rings. The Hall–Kier alpha value is -1.09. The predicted molar refractivity (Wildman–Crippen MR) is 69.5 cm³/mol. The molecular formula is C13H13BrN2. The Bertz CT molecular complexity index is 568. The van der Waals surface area contributed by atoms with Gasteiger partial charge in [-0.05, 0) is 38.0 Å². The Kier molecular flexibility index (Phi) is 2.36. The molecule has 0 bridgehead atoms. The number of aromatic nitrogens is 2. The van der Waals surface area contributed by atoms with Crippen molar-refractivity contribution in [2.45, 2.75) is 25.7 Å². The highest BCUT2D eigenvalue weighted by Crippen LogP contribution is 2.32. The number of H-pyrrole nitrogens is 1. The van der Waals surface area contributed by atoms with Gasteiger partial charge in [0, 0.05) is 10.4 Å². The number of halogens is 1. The SMILES string of the molecule is CC1=C[C@@H](c2nc3ccc(Br)cc3[nH]2)CC1. The zero-order chi connectivity index (χ0) is 11.1. The van der Waals surface area contributed by atoms with Crippen LogP contribution in [0.25, 0.3) is 11.0 Å². The van der Waals surface area contributed by atoms with Crippen molar-refractivity contribution in [3.05, 3.63) is 40.1 Å². The van der Waals surface area contributed by atoms with Gasteiger partial charge < -0.3 is 4.98 Å². The Labute approximate surface area is 103 Å². The molecular weight excluding hydrogens is 264 g/mol. The van der Waals surface area contributed by atoms with Crippen LogP contribution in [0.4, 0.5) is 0 Å². The number of hydrogen-bond donors (Lipinski definition) is 1. The molecule has 0 radical (unpaired) electrons. The third kappa shape index (κ3) is 1.69. The van der Waals surface area contributed by atoms with Gasteiger partial charge in [0.05, 0.1) is 11.0 Å². The fourth-order valence-electron chi connectivity index (χ4n) is 2.29. The molecule has 0 saturated carbocycles. The van der Waals surface area contributed by atoms with Crippen molar-refractivity contribution in [1.29, 1.82) is 0 Å². The summed E-state index contributed by atoms with van der Waals surface area (Å²) in [6.45, 7) is 2.19. The van der Waals surface area contributed by atoms with E-state index in [1.165, 1.54) is 18.4 Å². The van der Waals surface area contributed by atoms with Gasteiger partial charge in [-0.3, -0.25) is 0 Å². The van der Waals surface area contributed by atoms with Crippen LogP contribution in [-0.2, 0) is 0 Å². The molecule has 1 aromatic heterocycles. The zero-order valence-electron chi connectivity index (χ0n) is 9.13. The van der Waals surface area contributed by atoms with Gasteiger partial charge in [0.25, 0.3) is 0 Å². The highest BCUT2D eigenvalue weighted by molar-refractivity contribution is 9.10. The molecule has 2 nitrogen and oxygen atoms in total. The first-order chi connectivity index (χ1) is 7.72. The number of allylic oxidation sites excluding steroid dienone is 2. The van der Waals surface area contributed by atoms with Gasteiger partial charge in [0.15, 0.2) is 0 Å². The molecule has 16 heavy (non-hydrogen) atoms. The highest BCUT2D eigenvalue weighted by Gasteiger charge is 2.18. The van der Waals surface area contributed by atoms with Gasteiger partial charge in [0.1, 0.15) is 5.82 Å². The molecule has 1 atom stereocenters. The third-order valence-electron chi connectivity index (χ3n) is 3.15. The fraction of sp³-hybridized carbons (Fsp3) is 0.308. The topological polar surface area (TPSA) is 28.7 Å². The van der Waals surface area contributed by atoms with Crippen LogP contribution in [-0.4, -0.2) is 9.97 Å². The molecule has 1 heterocycles. The van der Waals surface area contributed by atoms with Gasteiger partial charge in [-0.2, -0.15) is 0 Å². The van der Waals surface area contributed by atoms with E-state index in [1.54, 1.807) is 0 Å². The van der Waals surface area contributed by atoms with Crippen LogP contribution in [0.5, 0.6) is 0 Å². The van der Waals surface area contributed by atoms with Crippen LogP contribution in [0, 0.1) is 0 Å². The second-order valence-corrected chi connectivity index (χ2v) is 5.36. The minimum absolute atomic E-state index is 0.478. The first kappa shape index (κ1) is 10.1. The smallest absolute Gasteiger partial charge is 0.114 e. The molecule has 0 unspecified atom stereocenters. The summed E-state index contributed by atoms with van der Waals surface area (Å²) in [5, 5.41) is 0. The number of fused-ring (bicyclic) bond motifs is 1. The second-order valence-electron chi connectivity index (χ2n) is 4.44. The van der Waals surface area contributed by atoms with Crippen molar-refractivity contribution in [1.82, 2.24) is 9.97 Å². The molecule has 1 aliphatic carbocycles. The van der Waals surface area contributed by atoms with Gasteiger partial charge in [-0.1, -0.05) is 27.6 Å². The number of imidazole rings is 1. The molecule has 1 aliphatic rings. The fourth-order valence-corrected chi connectivity index (χ4v) is 2.65. The van der Waals surface area contributed by atoms with Crippen molar-refractivity contribution < 1.29 is 0 Å². The lowest BCUT2D eigenvalue weighted by molar-refractivity contribution is 0.751. The molecule has 0 fully saturated rings. The van der Waals surface area contributed by atoms with E-state index in [-0.39, 0.29) is 0 Å². The molecule has 0 amide bonds. The summed E-state index contributed by atoms with van der Waals surface area (Å²) < 4.78 is 1.09. The quantitative estimate of drug-likeness (QED) is 0.779. The number of nitrogens with zero attached hydrogens (tertiary/aromatic N) is 1. The summed E-state index contributed by atoms with van der Waals surface area (Å²) in [7, 11) is 0. The molecule has 3 heteroatoms. The largest absolute Gasteiger partial charge is 0.341 e. The van der Waals surface area contributed by atoms with Crippen LogP contribution >= 0.6 is 15.9 Å². The molecule has 82 valence electrons. The molecule has 1 N–H and O–H groups in total. The maximum atomic E-state index is 4.65. The summed E-state index contributed by atoms with van der Waals surface area (Å²) in [6.07, 6.45) is 4.71. The van der Waals surface area contributed by atoms with E-state index < -0.39 is 0 Å². The van der Waals surface area contributed by atoms with Crippen molar-refractivity contribution in [3.8, 4) is 0 Å². The Balaban J connectivity index is 2.05. The first-order valence-corrected chi connectivity index (χ1v) is 6.34. The summed E-state index contributed by atoms with van der Waals surface area (Å²) in [5.74, 6) is 1.58. The number of benzene rings is 1. The summed E-state index contributed by atoms with van der Waals surface area (Å²) in [4.78, 5) is 8.06. The standard InChI is InChI=1S/C13H13BrN2/c1-8-2-3-9(6-8)13-15-11-5-4-10(14)7-12(11)16-13/h4-7,9H,2-3H2,1H3,(H,15,16)/t9-/m0/s1. The lowest BCUT2D eigenvalue weighted by Crippen LogP contribution is -1.92. The molecule has 0 aliphatic heterocycles. The van der Waals surface area contributed by atoms with Gasteiger partial charge in [0.2, 0.25) is 0 Å². The molecule has 3 rings (SSSR count). The first-order valence-electron chi connectivity index (χ1n) is 5.55. The predicted octanol–water partition coefficient (Wildman–Crippen LogP) is 4.15. The van der Waals surface area contributed by atoms with E-state index in [2.05, 4.69) is 45.0 Å². The minimum Gasteiger partial charge on any atom is -0.341 e. The molecule has 0 spiro atoms. The van der Waals surface area contributed by atoms with Crippen LogP contribution in [0.2, 0.25) is 0 Å². The molecule has 1 aromatic carbocycles. The van der Waals surface area contributed by atoms with Crippen LogP contribution in [0.1, 0.15) is 31.5 Å². The Morgan fingerprint density at radius 3 is 3.06 bits per heavy atom. The van der Waals surface area contributed by atoms with Gasteiger partial charge in [-0.15, -0.1) is 0 Å². The van der Waals surface area contributed by atoms with Crippen LogP contribution < -0.4 is 0 Å². The van der Waals surface area contributed by atoms with Crippen molar-refractivity contribution in [3.63, 3.8) is 0 Å². The van der Waals surface area contributed by atoms with E-state index in [0.717, 1.165) is 21.3 Å². The van der Waals surface area contributed by atoms with Crippen molar-refractivity contribution in [2.75, 3.05) is 0 Å². The Morgan fingerprint density at radius 2 is 2.31 bits per heavy atom. The number of rotatable bonds is 1. The monoisotopic (exact) mass is 276 g/mol. The second kappa shape index (κ2) is 3.74. The number of hydrogen-bond acceptors (Lipinski definition) is 1. The van der Waals surface area contributed by atoms with E-state index >= 15 is 0 Å². The van der Waals surface area contributed by atoms with Crippen molar-refractivity contribution in [2.24, 2.45) is 0 Å². The third-order valence-corrected chi connectivity index (χ3v) is 3.64. The van der Waals surface area contributed by atoms with E-state index in [1.807, 2.05) is 12.1 Å². The van der Waals surface area contributed by atoms with E-state index in [4.69, 9.17) is 0 Å². The lowest BCUT2D eigenvalue weighted by atomic mass is 10.1. The van der Waals surface area contributed by atoms with E-state index in [0.29, 0.717) is 5.92 Å². The number of nitrogens with one attached hydrogen (secondary N) is 1. The lowest BCUT2D eigenvalue weighted by Gasteiger charge is -2.00. The van der Waals surface area contributed by atoms with E-state index in [9.17, 15) is 0 Å². The van der Waals surface area contributed by atoms with Crippen LogP contribution in [0.3, 0.4) is 0 Å². The van der Waals surface area contributed by atoms with Gasteiger partial charge in [-0.25, -0.2) is 4.98 Å². The number of aromatic amines is 1.